The van der Waals surface area contributed by atoms with Gasteiger partial charge in [0.1, 0.15) is 17.1 Å². The number of carbonyl (C=O) groups excluding carboxylic acids is 1. The van der Waals surface area contributed by atoms with Crippen LogP contribution in [-0.2, 0) is 0 Å². The number of aldehydes is 1. The highest BCUT2D eigenvalue weighted by Crippen LogP contribution is 2.48. The fraction of sp³-hybridized carbons (Fsp3) is 0.579. The first-order valence-electron chi connectivity index (χ1n) is 8.60. The maximum atomic E-state index is 12.2. The van der Waals surface area contributed by atoms with Crippen LogP contribution in [0.25, 0.3) is 0 Å². The predicted octanol–water partition coefficient (Wildman–Crippen LogP) is 3.95. The largest absolute Gasteiger partial charge is 0.493 e. The van der Waals surface area contributed by atoms with Crippen LogP contribution in [0.4, 0.5) is 0 Å². The molecule has 4 nitrogen and oxygen atoms in total. The van der Waals surface area contributed by atoms with Crippen molar-refractivity contribution in [3.63, 3.8) is 0 Å². The molecule has 4 atom stereocenters. The molecular formula is C19H24O4. The van der Waals surface area contributed by atoms with Gasteiger partial charge in [-0.3, -0.25) is 4.79 Å². The highest BCUT2D eigenvalue weighted by Gasteiger charge is 2.38. The molecule has 1 aromatic heterocycles. The van der Waals surface area contributed by atoms with Crippen molar-refractivity contribution < 1.29 is 13.9 Å². The van der Waals surface area contributed by atoms with Gasteiger partial charge in [0, 0.05) is 12.0 Å². The highest BCUT2D eigenvalue weighted by atomic mass is 16.5. The van der Waals surface area contributed by atoms with E-state index in [4.69, 9.17) is 9.15 Å². The summed E-state index contributed by atoms with van der Waals surface area (Å²) in [5, 5.41) is 0. The van der Waals surface area contributed by atoms with Crippen molar-refractivity contribution in [1.82, 2.24) is 0 Å². The van der Waals surface area contributed by atoms with Crippen molar-refractivity contribution in [3.05, 3.63) is 40.0 Å². The molecule has 4 heteroatoms. The van der Waals surface area contributed by atoms with Crippen molar-refractivity contribution >= 4 is 6.29 Å². The minimum absolute atomic E-state index is 0.0187. The second-order valence-corrected chi connectivity index (χ2v) is 6.65. The lowest BCUT2D eigenvalue weighted by Gasteiger charge is -2.40. The quantitative estimate of drug-likeness (QED) is 0.623. The molecule has 1 saturated carbocycles. The smallest absolute Gasteiger partial charge is 0.350 e. The van der Waals surface area contributed by atoms with Crippen molar-refractivity contribution in [2.45, 2.75) is 45.4 Å². The minimum Gasteiger partial charge on any atom is -0.493 e. The normalized spacial score (nSPS) is 29.8. The van der Waals surface area contributed by atoms with Crippen molar-refractivity contribution in [2.75, 3.05) is 6.61 Å². The van der Waals surface area contributed by atoms with Crippen LogP contribution < -0.4 is 10.4 Å². The Morgan fingerprint density at radius 2 is 2.09 bits per heavy atom. The molecule has 1 fully saturated rings. The van der Waals surface area contributed by atoms with Gasteiger partial charge in [0.05, 0.1) is 6.61 Å². The molecule has 4 unspecified atom stereocenters. The first kappa shape index (κ1) is 16.0. The fourth-order valence-corrected chi connectivity index (χ4v) is 4.22. The van der Waals surface area contributed by atoms with Gasteiger partial charge in [-0.15, -0.1) is 0 Å². The standard InChI is InChI=1S/C19H24O4/c1-3-22-16-10-17(23-19(21)15(16)11-20)18-12(2)8-9-13-6-4-5-7-14(13)18/h8-14,18H,3-7H2,1-2H3. The van der Waals surface area contributed by atoms with Gasteiger partial charge in [-0.25, -0.2) is 4.79 Å². The van der Waals surface area contributed by atoms with Crippen LogP contribution in [0.1, 0.15) is 61.6 Å². The van der Waals surface area contributed by atoms with Crippen LogP contribution in [0.15, 0.2) is 27.4 Å². The molecule has 0 spiro atoms. The molecule has 0 bridgehead atoms. The summed E-state index contributed by atoms with van der Waals surface area (Å²) in [4.78, 5) is 23.3. The van der Waals surface area contributed by atoms with Gasteiger partial charge in [0.2, 0.25) is 0 Å². The van der Waals surface area contributed by atoms with E-state index in [1.807, 2.05) is 6.92 Å². The third-order valence-electron chi connectivity index (χ3n) is 5.28. The van der Waals surface area contributed by atoms with Gasteiger partial charge in [0.15, 0.2) is 6.29 Å². The van der Waals surface area contributed by atoms with Crippen LogP contribution in [0, 0.1) is 17.8 Å². The molecule has 0 aliphatic heterocycles. The Balaban J connectivity index is 2.04. The molecule has 23 heavy (non-hydrogen) atoms. The average molecular weight is 316 g/mol. The molecule has 0 saturated heterocycles. The van der Waals surface area contributed by atoms with Gasteiger partial charge in [-0.1, -0.05) is 31.9 Å². The lowest BCUT2D eigenvalue weighted by Crippen LogP contribution is -2.31. The molecule has 0 N–H and O–H groups in total. The zero-order valence-electron chi connectivity index (χ0n) is 13.8. The van der Waals surface area contributed by atoms with Crippen LogP contribution in [0.2, 0.25) is 0 Å². The summed E-state index contributed by atoms with van der Waals surface area (Å²) >= 11 is 0. The lowest BCUT2D eigenvalue weighted by molar-refractivity contribution is 0.111. The van der Waals surface area contributed by atoms with E-state index in [0.29, 0.717) is 42.2 Å². The Kier molecular flexibility index (Phi) is 4.69. The predicted molar refractivity (Wildman–Crippen MR) is 88.0 cm³/mol. The van der Waals surface area contributed by atoms with Gasteiger partial charge < -0.3 is 9.15 Å². The number of rotatable bonds is 4. The van der Waals surface area contributed by atoms with E-state index in [9.17, 15) is 9.59 Å². The molecule has 2 aliphatic carbocycles. The molecule has 124 valence electrons. The van der Waals surface area contributed by atoms with E-state index in [1.165, 1.54) is 19.3 Å². The van der Waals surface area contributed by atoms with Crippen molar-refractivity contribution in [3.8, 4) is 5.75 Å². The Hall–Kier alpha value is -1.84. The molecule has 1 heterocycles. The molecule has 3 rings (SSSR count). The fourth-order valence-electron chi connectivity index (χ4n) is 4.22. The number of ether oxygens (including phenoxy) is 1. The molecular weight excluding hydrogens is 292 g/mol. The van der Waals surface area contributed by atoms with Crippen molar-refractivity contribution in [1.29, 1.82) is 0 Å². The lowest BCUT2D eigenvalue weighted by atomic mass is 9.64. The summed E-state index contributed by atoms with van der Waals surface area (Å²) in [5.74, 6) is 2.58. The Morgan fingerprint density at radius 3 is 2.83 bits per heavy atom. The molecule has 2 aliphatic rings. The third kappa shape index (κ3) is 2.99. The SMILES string of the molecule is CCOc1cc(C2C(C)C=CC3CCCCC32)oc(=O)c1C=O. The monoisotopic (exact) mass is 316 g/mol. The zero-order chi connectivity index (χ0) is 16.4. The Bertz CT molecular complexity index is 658. The van der Waals surface area contributed by atoms with Gasteiger partial charge in [0.25, 0.3) is 0 Å². The van der Waals surface area contributed by atoms with E-state index in [1.54, 1.807) is 6.07 Å². The van der Waals surface area contributed by atoms with Crippen LogP contribution >= 0.6 is 0 Å². The van der Waals surface area contributed by atoms with E-state index < -0.39 is 5.63 Å². The number of carbonyl (C=O) groups is 1. The Labute approximate surface area is 136 Å². The summed E-state index contributed by atoms with van der Waals surface area (Å²) < 4.78 is 11.0. The van der Waals surface area contributed by atoms with E-state index >= 15 is 0 Å². The van der Waals surface area contributed by atoms with Gasteiger partial charge in [-0.05, 0) is 37.5 Å². The van der Waals surface area contributed by atoms with Gasteiger partial charge >= 0.3 is 5.63 Å². The summed E-state index contributed by atoms with van der Waals surface area (Å²) in [7, 11) is 0. The second kappa shape index (κ2) is 6.73. The third-order valence-corrected chi connectivity index (χ3v) is 5.28. The van der Waals surface area contributed by atoms with Crippen molar-refractivity contribution in [2.24, 2.45) is 17.8 Å². The van der Waals surface area contributed by atoms with E-state index in [0.717, 1.165) is 6.42 Å². The van der Waals surface area contributed by atoms with E-state index in [-0.39, 0.29) is 11.5 Å². The maximum absolute atomic E-state index is 12.2. The van der Waals surface area contributed by atoms with Crippen LogP contribution in [0.5, 0.6) is 5.75 Å². The molecule has 0 amide bonds. The first-order chi connectivity index (χ1) is 11.2. The minimum atomic E-state index is -0.588. The van der Waals surface area contributed by atoms with Crippen LogP contribution in [-0.4, -0.2) is 12.9 Å². The number of fused-ring (bicyclic) bond motifs is 1. The summed E-state index contributed by atoms with van der Waals surface area (Å²) in [6.07, 6.45) is 9.97. The molecule has 1 aromatic rings. The zero-order valence-corrected chi connectivity index (χ0v) is 13.8. The van der Waals surface area contributed by atoms with Crippen LogP contribution in [0.3, 0.4) is 0 Å². The number of allylic oxidation sites excluding steroid dienone is 2. The summed E-state index contributed by atoms with van der Waals surface area (Å²) in [6.45, 7) is 4.42. The first-order valence-corrected chi connectivity index (χ1v) is 8.60. The summed E-state index contributed by atoms with van der Waals surface area (Å²) in [5.41, 5.74) is -0.607. The molecule has 0 aromatic carbocycles. The number of hydrogen-bond donors (Lipinski definition) is 0. The summed E-state index contributed by atoms with van der Waals surface area (Å²) in [6, 6.07) is 1.76. The number of hydrogen-bond acceptors (Lipinski definition) is 4. The second-order valence-electron chi connectivity index (χ2n) is 6.65. The van der Waals surface area contributed by atoms with E-state index in [2.05, 4.69) is 19.1 Å². The van der Waals surface area contributed by atoms with Gasteiger partial charge in [-0.2, -0.15) is 0 Å². The molecule has 0 radical (unpaired) electrons. The maximum Gasteiger partial charge on any atom is 0.350 e. The Morgan fingerprint density at radius 1 is 1.30 bits per heavy atom. The topological polar surface area (TPSA) is 56.5 Å². The average Bonchev–Trinajstić information content (AvgIpc) is 2.55. The highest BCUT2D eigenvalue weighted by molar-refractivity contribution is 5.78.